The van der Waals surface area contributed by atoms with Crippen LogP contribution in [0.4, 0.5) is 4.39 Å². The Bertz CT molecular complexity index is 1300. The van der Waals surface area contributed by atoms with Gasteiger partial charge in [0.1, 0.15) is 17.9 Å². The van der Waals surface area contributed by atoms with Gasteiger partial charge in [-0.05, 0) is 77.3 Å². The van der Waals surface area contributed by atoms with Gasteiger partial charge in [0.25, 0.3) is 0 Å². The summed E-state index contributed by atoms with van der Waals surface area (Å²) in [6, 6.07) is 4.62. The molecule has 0 saturated carbocycles. The number of nitrogens with zero attached hydrogens (tertiary/aromatic N) is 3. The van der Waals surface area contributed by atoms with Gasteiger partial charge >= 0.3 is 5.97 Å². The minimum Gasteiger partial charge on any atom is -0.481 e. The van der Waals surface area contributed by atoms with Crippen LogP contribution >= 0.6 is 0 Å². The van der Waals surface area contributed by atoms with E-state index in [0.717, 1.165) is 23.0 Å². The lowest BCUT2D eigenvalue weighted by Gasteiger charge is -2.28. The van der Waals surface area contributed by atoms with Crippen LogP contribution in [0.1, 0.15) is 58.2 Å². The number of nitrogens with one attached hydrogen (secondary N) is 1. The molecule has 0 aliphatic carbocycles. The maximum atomic E-state index is 13.7. The Kier molecular flexibility index (Phi) is 9.14. The molecule has 0 amide bonds. The lowest BCUT2D eigenvalue weighted by atomic mass is 9.75. The van der Waals surface area contributed by atoms with Crippen LogP contribution in [0.5, 0.6) is 0 Å². The fraction of sp³-hybridized carbons (Fsp3) is 0.379. The Hall–Kier alpha value is -3.81. The van der Waals surface area contributed by atoms with Gasteiger partial charge in [-0.15, -0.1) is 0 Å². The molecular weight excluding hydrogens is 471 g/mol. The number of aldehydes is 1. The van der Waals surface area contributed by atoms with Crippen LogP contribution in [0.2, 0.25) is 0 Å². The van der Waals surface area contributed by atoms with Crippen molar-refractivity contribution in [2.45, 2.75) is 60.4 Å². The zero-order chi connectivity index (χ0) is 28.1. The van der Waals surface area contributed by atoms with Crippen LogP contribution in [0.25, 0.3) is 5.57 Å². The molecule has 1 aromatic heterocycles. The van der Waals surface area contributed by atoms with Gasteiger partial charge in [-0.25, -0.2) is 9.38 Å². The normalized spacial score (nSPS) is 15.1. The Morgan fingerprint density at radius 2 is 1.95 bits per heavy atom. The third kappa shape index (κ3) is 6.31. The lowest BCUT2D eigenvalue weighted by Crippen LogP contribution is -2.31. The highest BCUT2D eigenvalue weighted by Crippen LogP contribution is 2.36. The standard InChI is InChI=1S/C29H37FN4O3/c1-10-23(24-12-11-22(30)13-19(24)4)20(5)33-26(31-9)25(18(2)3)29(8,17-35)21-14-32-34(15-21)16-28(6,7)27(36)37/h10-15,17,31H,2,16H2,1,3-9H3,(H,36,37)/b23-10-,26-25+,33-20+. The smallest absolute Gasteiger partial charge is 0.310 e. The number of hydrogen-bond acceptors (Lipinski definition) is 5. The largest absolute Gasteiger partial charge is 0.481 e. The molecule has 8 heteroatoms. The minimum absolute atomic E-state index is 0.140. The van der Waals surface area contributed by atoms with E-state index in [1.54, 1.807) is 53.2 Å². The number of rotatable bonds is 11. The molecule has 1 aromatic carbocycles. The number of hydrogen-bond donors (Lipinski definition) is 2. The van der Waals surface area contributed by atoms with E-state index in [9.17, 15) is 19.1 Å². The van der Waals surface area contributed by atoms with E-state index in [1.165, 1.54) is 16.8 Å². The average molecular weight is 509 g/mol. The molecule has 2 N–H and O–H groups in total. The minimum atomic E-state index is -1.17. The molecule has 1 heterocycles. The van der Waals surface area contributed by atoms with Crippen LogP contribution in [-0.4, -0.2) is 39.9 Å². The third-order valence-electron chi connectivity index (χ3n) is 6.46. The van der Waals surface area contributed by atoms with Gasteiger partial charge in [-0.3, -0.25) is 9.48 Å². The first-order chi connectivity index (χ1) is 17.2. The summed E-state index contributed by atoms with van der Waals surface area (Å²) in [6.45, 7) is 16.7. The first-order valence-corrected chi connectivity index (χ1v) is 12.0. The number of aromatic nitrogens is 2. The lowest BCUT2D eigenvalue weighted by molar-refractivity contribution is -0.147. The van der Waals surface area contributed by atoms with Gasteiger partial charge in [0.15, 0.2) is 0 Å². The molecule has 0 bridgehead atoms. The summed E-state index contributed by atoms with van der Waals surface area (Å²) in [5, 5.41) is 16.9. The van der Waals surface area contributed by atoms with E-state index in [4.69, 9.17) is 4.99 Å². The second-order valence-corrected chi connectivity index (χ2v) is 10.0. The van der Waals surface area contributed by atoms with Gasteiger partial charge in [-0.1, -0.05) is 24.3 Å². The number of aryl methyl sites for hydroxylation is 1. The van der Waals surface area contributed by atoms with Crippen LogP contribution in [0.15, 0.2) is 65.2 Å². The number of aliphatic carboxylic acids is 1. The molecule has 7 nitrogen and oxygen atoms in total. The molecule has 0 aliphatic heterocycles. The average Bonchev–Trinajstić information content (AvgIpc) is 3.28. The Morgan fingerprint density at radius 1 is 1.30 bits per heavy atom. The zero-order valence-corrected chi connectivity index (χ0v) is 22.9. The number of aliphatic imine (C=N–C) groups is 1. The van der Waals surface area contributed by atoms with Crippen molar-refractivity contribution in [3.8, 4) is 0 Å². The van der Waals surface area contributed by atoms with E-state index in [1.807, 2.05) is 26.8 Å². The van der Waals surface area contributed by atoms with Crippen molar-refractivity contribution in [1.82, 2.24) is 15.1 Å². The number of halogens is 1. The molecule has 198 valence electrons. The van der Waals surface area contributed by atoms with Gasteiger partial charge in [0.2, 0.25) is 0 Å². The number of carboxylic acids is 1. The van der Waals surface area contributed by atoms with Crippen molar-refractivity contribution in [3.05, 3.63) is 82.7 Å². The van der Waals surface area contributed by atoms with Crippen LogP contribution in [0, 0.1) is 18.2 Å². The second-order valence-electron chi connectivity index (χ2n) is 10.0. The number of carbonyl (C=O) groups is 2. The molecular formula is C29H37FN4O3. The van der Waals surface area contributed by atoms with Crippen molar-refractivity contribution in [3.63, 3.8) is 0 Å². The highest BCUT2D eigenvalue weighted by Gasteiger charge is 2.36. The molecule has 0 spiro atoms. The molecule has 1 atom stereocenters. The van der Waals surface area contributed by atoms with E-state index >= 15 is 0 Å². The van der Waals surface area contributed by atoms with Crippen LogP contribution < -0.4 is 5.32 Å². The fourth-order valence-electron chi connectivity index (χ4n) is 4.31. The summed E-state index contributed by atoms with van der Waals surface area (Å²) < 4.78 is 15.2. The van der Waals surface area contributed by atoms with Crippen molar-refractivity contribution < 1.29 is 19.1 Å². The summed E-state index contributed by atoms with van der Waals surface area (Å²) in [5.41, 5.74) is 2.75. The molecule has 0 radical (unpaired) electrons. The summed E-state index contributed by atoms with van der Waals surface area (Å²) in [4.78, 5) is 29.1. The van der Waals surface area contributed by atoms with Crippen molar-refractivity contribution in [2.24, 2.45) is 10.4 Å². The maximum absolute atomic E-state index is 13.7. The molecule has 0 aliphatic rings. The van der Waals surface area contributed by atoms with Crippen LogP contribution in [-0.2, 0) is 21.5 Å². The summed E-state index contributed by atoms with van der Waals surface area (Å²) in [5.74, 6) is -0.790. The van der Waals surface area contributed by atoms with Crippen molar-refractivity contribution >= 4 is 23.5 Å². The number of carboxylic acid groups (broad SMARTS) is 1. The van der Waals surface area contributed by atoms with Crippen molar-refractivity contribution in [2.75, 3.05) is 7.05 Å². The predicted molar refractivity (Wildman–Crippen MR) is 146 cm³/mol. The van der Waals surface area contributed by atoms with E-state index < -0.39 is 16.8 Å². The Labute approximate surface area is 218 Å². The summed E-state index contributed by atoms with van der Waals surface area (Å²) in [7, 11) is 1.72. The molecule has 2 aromatic rings. The van der Waals surface area contributed by atoms with Gasteiger partial charge in [0, 0.05) is 30.1 Å². The SMILES string of the molecule is C=C(C)\C(=C(/N=C(C)/C(=C/C)c1ccc(F)cc1C)NC)C(C)(C=O)c1cnn(CC(C)(C)C(=O)O)c1. The highest BCUT2D eigenvalue weighted by atomic mass is 19.1. The molecule has 1 unspecified atom stereocenters. The quantitative estimate of drug-likeness (QED) is 0.238. The van der Waals surface area contributed by atoms with Crippen LogP contribution in [0.3, 0.4) is 0 Å². The first kappa shape index (κ1) is 29.4. The summed E-state index contributed by atoms with van der Waals surface area (Å²) >= 11 is 0. The molecule has 0 saturated heterocycles. The Morgan fingerprint density at radius 3 is 2.43 bits per heavy atom. The maximum Gasteiger partial charge on any atom is 0.310 e. The Balaban J connectivity index is 2.66. The number of carbonyl (C=O) groups excluding carboxylic acids is 1. The topological polar surface area (TPSA) is 96.6 Å². The highest BCUT2D eigenvalue weighted by molar-refractivity contribution is 6.23. The molecule has 0 fully saturated rings. The second kappa shape index (κ2) is 11.5. The number of allylic oxidation sites excluding steroid dienone is 4. The van der Waals surface area contributed by atoms with Gasteiger partial charge in [0.05, 0.1) is 23.6 Å². The van der Waals surface area contributed by atoms with E-state index in [2.05, 4.69) is 17.0 Å². The molecule has 2 rings (SSSR count). The third-order valence-corrected chi connectivity index (χ3v) is 6.46. The molecule has 37 heavy (non-hydrogen) atoms. The summed E-state index contributed by atoms with van der Waals surface area (Å²) in [6.07, 6.45) is 5.99. The number of benzene rings is 1. The van der Waals surface area contributed by atoms with Gasteiger partial charge < -0.3 is 15.2 Å². The van der Waals surface area contributed by atoms with E-state index in [-0.39, 0.29) is 12.4 Å². The zero-order valence-electron chi connectivity index (χ0n) is 22.9. The fourth-order valence-corrected chi connectivity index (χ4v) is 4.31. The monoisotopic (exact) mass is 508 g/mol. The van der Waals surface area contributed by atoms with Crippen molar-refractivity contribution in [1.29, 1.82) is 0 Å². The van der Waals surface area contributed by atoms with Gasteiger partial charge in [-0.2, -0.15) is 5.10 Å². The first-order valence-electron chi connectivity index (χ1n) is 12.0. The van der Waals surface area contributed by atoms with E-state index in [0.29, 0.717) is 28.2 Å². The predicted octanol–water partition coefficient (Wildman–Crippen LogP) is 5.47.